The quantitative estimate of drug-likeness (QED) is 0.700. The lowest BCUT2D eigenvalue weighted by Gasteiger charge is -2.40. The van der Waals surface area contributed by atoms with Crippen molar-refractivity contribution < 1.29 is 14.1 Å². The number of ether oxygens (including phenoxy) is 1. The zero-order valence-corrected chi connectivity index (χ0v) is 18.2. The SMILES string of the molecule is CC1CC1c1noc(C2N=CN3c4ccc(Cl)c(C#N)c4N(CC4CCCO4)C(=O)C23)n1. The van der Waals surface area contributed by atoms with Crippen LogP contribution < -0.4 is 9.80 Å². The highest BCUT2D eigenvalue weighted by Gasteiger charge is 2.50. The molecule has 5 atom stereocenters. The third-order valence-electron chi connectivity index (χ3n) is 6.80. The van der Waals surface area contributed by atoms with Crippen molar-refractivity contribution in [1.29, 1.82) is 5.26 Å². The van der Waals surface area contributed by atoms with Gasteiger partial charge in [0.05, 0.1) is 40.9 Å². The van der Waals surface area contributed by atoms with Gasteiger partial charge in [-0.15, -0.1) is 0 Å². The highest BCUT2D eigenvalue weighted by molar-refractivity contribution is 6.33. The van der Waals surface area contributed by atoms with E-state index in [2.05, 4.69) is 28.1 Å². The molecule has 32 heavy (non-hydrogen) atoms. The summed E-state index contributed by atoms with van der Waals surface area (Å²) in [7, 11) is 0. The number of nitriles is 1. The van der Waals surface area contributed by atoms with Crippen molar-refractivity contribution in [3.05, 3.63) is 34.4 Å². The van der Waals surface area contributed by atoms with E-state index < -0.39 is 12.1 Å². The van der Waals surface area contributed by atoms with Crippen molar-refractivity contribution >= 4 is 35.2 Å². The Labute approximate surface area is 189 Å². The van der Waals surface area contributed by atoms with Gasteiger partial charge in [0.15, 0.2) is 11.9 Å². The lowest BCUT2D eigenvalue weighted by atomic mass is 9.98. The molecule has 0 radical (unpaired) electrons. The summed E-state index contributed by atoms with van der Waals surface area (Å²) in [6.45, 7) is 3.18. The average molecular weight is 453 g/mol. The molecule has 4 aliphatic rings. The van der Waals surface area contributed by atoms with E-state index in [1.54, 1.807) is 22.2 Å². The molecule has 9 nitrogen and oxygen atoms in total. The van der Waals surface area contributed by atoms with Crippen molar-refractivity contribution in [2.75, 3.05) is 23.0 Å². The van der Waals surface area contributed by atoms with E-state index in [0.29, 0.717) is 53.1 Å². The van der Waals surface area contributed by atoms with Crippen LogP contribution in [0.5, 0.6) is 0 Å². The maximum atomic E-state index is 13.8. The second kappa shape index (κ2) is 7.29. The van der Waals surface area contributed by atoms with Crippen LogP contribution in [-0.4, -0.2) is 47.7 Å². The Morgan fingerprint density at radius 2 is 2.22 bits per heavy atom. The van der Waals surface area contributed by atoms with Crippen LogP contribution in [-0.2, 0) is 9.53 Å². The molecule has 10 heteroatoms. The number of fused-ring (bicyclic) bond motifs is 3. The van der Waals surface area contributed by atoms with Crippen molar-refractivity contribution in [3.63, 3.8) is 0 Å². The topological polar surface area (TPSA) is 108 Å². The van der Waals surface area contributed by atoms with Gasteiger partial charge in [-0.05, 0) is 37.3 Å². The fourth-order valence-corrected chi connectivity index (χ4v) is 5.10. The van der Waals surface area contributed by atoms with Crippen LogP contribution in [0.25, 0.3) is 0 Å². The van der Waals surface area contributed by atoms with Gasteiger partial charge in [-0.3, -0.25) is 9.79 Å². The lowest BCUT2D eigenvalue weighted by Crippen LogP contribution is -2.54. The molecule has 2 fully saturated rings. The Bertz CT molecular complexity index is 1170. The molecule has 2 aromatic rings. The number of hydrogen-bond acceptors (Lipinski definition) is 8. The van der Waals surface area contributed by atoms with Gasteiger partial charge in [0.2, 0.25) is 0 Å². The van der Waals surface area contributed by atoms with Gasteiger partial charge in [0.25, 0.3) is 11.8 Å². The van der Waals surface area contributed by atoms with E-state index in [1.165, 1.54) is 0 Å². The van der Waals surface area contributed by atoms with Crippen molar-refractivity contribution in [2.45, 2.75) is 50.3 Å². The molecule has 1 aromatic carbocycles. The summed E-state index contributed by atoms with van der Waals surface area (Å²) in [6.07, 6.45) is 4.39. The molecule has 1 saturated heterocycles. The Hall–Kier alpha value is -2.96. The Kier molecular flexibility index (Phi) is 4.49. The predicted molar refractivity (Wildman–Crippen MR) is 116 cm³/mol. The predicted octanol–water partition coefficient (Wildman–Crippen LogP) is 3.20. The standard InChI is InChI=1S/C22H21ClN6O3/c1-11-7-13(11)20-26-21(32-27-20)17-19-22(30)28(9-12-3-2-6-31-12)18-14(8-24)15(23)4-5-16(18)29(19)10-25-17/h4-5,10-13,17,19H,2-3,6-7,9H2,1H3. The van der Waals surface area contributed by atoms with E-state index in [4.69, 9.17) is 20.9 Å². The lowest BCUT2D eigenvalue weighted by molar-refractivity contribution is -0.120. The number of amides is 1. The largest absolute Gasteiger partial charge is 0.376 e. The molecule has 0 bridgehead atoms. The fourth-order valence-electron chi connectivity index (χ4n) is 4.90. The minimum atomic E-state index is -0.665. The van der Waals surface area contributed by atoms with E-state index in [9.17, 15) is 10.1 Å². The zero-order valence-electron chi connectivity index (χ0n) is 17.4. The zero-order chi connectivity index (χ0) is 22.0. The first-order valence-corrected chi connectivity index (χ1v) is 11.3. The average Bonchev–Trinajstić information content (AvgIpc) is 3.26. The first kappa shape index (κ1) is 19.7. The minimum Gasteiger partial charge on any atom is -0.376 e. The highest BCUT2D eigenvalue weighted by atomic mass is 35.5. The van der Waals surface area contributed by atoms with Gasteiger partial charge >= 0.3 is 0 Å². The van der Waals surface area contributed by atoms with Crippen LogP contribution in [0.4, 0.5) is 11.4 Å². The summed E-state index contributed by atoms with van der Waals surface area (Å²) in [5.74, 6) is 1.69. The van der Waals surface area contributed by atoms with Crippen LogP contribution in [0.3, 0.4) is 0 Å². The highest BCUT2D eigenvalue weighted by Crippen LogP contribution is 2.48. The summed E-state index contributed by atoms with van der Waals surface area (Å²) < 4.78 is 11.3. The second-order valence-corrected chi connectivity index (χ2v) is 9.26. The number of benzene rings is 1. The van der Waals surface area contributed by atoms with Crippen LogP contribution in [0, 0.1) is 17.2 Å². The maximum Gasteiger partial charge on any atom is 0.254 e. The van der Waals surface area contributed by atoms with Gasteiger partial charge in [-0.25, -0.2) is 0 Å². The molecule has 1 aliphatic carbocycles. The number of aromatic nitrogens is 2. The number of anilines is 2. The third kappa shape index (κ3) is 2.93. The summed E-state index contributed by atoms with van der Waals surface area (Å²) in [5, 5.41) is 14.2. The summed E-state index contributed by atoms with van der Waals surface area (Å²) in [6, 6.07) is 4.39. The van der Waals surface area contributed by atoms with Crippen LogP contribution in [0.1, 0.15) is 55.4 Å². The van der Waals surface area contributed by atoms with Crippen LogP contribution >= 0.6 is 11.6 Å². The van der Waals surface area contributed by atoms with Gasteiger partial charge in [-0.2, -0.15) is 10.2 Å². The molecule has 1 aromatic heterocycles. The first-order valence-electron chi connectivity index (χ1n) is 10.9. The number of carbonyl (C=O) groups is 1. The Morgan fingerprint density at radius 1 is 1.38 bits per heavy atom. The molecule has 0 N–H and O–H groups in total. The molecular formula is C22H21ClN6O3. The normalized spacial score (nSPS) is 30.4. The van der Waals surface area contributed by atoms with Crippen molar-refractivity contribution in [1.82, 2.24) is 10.1 Å². The molecular weight excluding hydrogens is 432 g/mol. The number of rotatable bonds is 4. The molecule has 0 spiro atoms. The number of nitrogens with zero attached hydrogens (tertiary/aromatic N) is 6. The van der Waals surface area contributed by atoms with Gasteiger partial charge < -0.3 is 19.1 Å². The van der Waals surface area contributed by atoms with Crippen molar-refractivity contribution in [3.8, 4) is 6.07 Å². The smallest absolute Gasteiger partial charge is 0.254 e. The summed E-state index contributed by atoms with van der Waals surface area (Å²) >= 11 is 6.33. The Balaban J connectivity index is 1.41. The monoisotopic (exact) mass is 452 g/mol. The van der Waals surface area contributed by atoms with Crippen LogP contribution in [0.2, 0.25) is 5.02 Å². The fraction of sp³-hybridized carbons (Fsp3) is 0.500. The van der Waals surface area contributed by atoms with Gasteiger partial charge in [0, 0.05) is 12.5 Å². The maximum absolute atomic E-state index is 13.8. The number of halogens is 1. The summed E-state index contributed by atoms with van der Waals surface area (Å²) in [4.78, 5) is 26.4. The van der Waals surface area contributed by atoms with Crippen molar-refractivity contribution in [2.24, 2.45) is 10.9 Å². The number of hydrogen-bond donors (Lipinski definition) is 0. The molecule has 6 rings (SSSR count). The molecule has 3 aliphatic heterocycles. The molecule has 4 heterocycles. The van der Waals surface area contributed by atoms with E-state index in [-0.39, 0.29) is 17.6 Å². The molecule has 164 valence electrons. The summed E-state index contributed by atoms with van der Waals surface area (Å²) in [5.41, 5.74) is 1.48. The Morgan fingerprint density at radius 3 is 2.94 bits per heavy atom. The second-order valence-electron chi connectivity index (χ2n) is 8.86. The molecule has 5 unspecified atom stereocenters. The first-order chi connectivity index (χ1) is 15.6. The van der Waals surface area contributed by atoms with Gasteiger partial charge in [0.1, 0.15) is 12.1 Å². The number of aliphatic imine (C=N–C) groups is 1. The molecule has 1 saturated carbocycles. The molecule has 1 amide bonds. The van der Waals surface area contributed by atoms with Gasteiger partial charge in [-0.1, -0.05) is 23.7 Å². The van der Waals surface area contributed by atoms with Crippen LogP contribution in [0.15, 0.2) is 21.6 Å². The van der Waals surface area contributed by atoms with E-state index in [0.717, 1.165) is 19.3 Å². The minimum absolute atomic E-state index is 0.0870. The van der Waals surface area contributed by atoms with E-state index in [1.807, 2.05) is 6.07 Å². The number of carbonyl (C=O) groups excluding carboxylic acids is 1. The third-order valence-corrected chi connectivity index (χ3v) is 7.11. The van der Waals surface area contributed by atoms with E-state index >= 15 is 0 Å².